The van der Waals surface area contributed by atoms with Crippen molar-refractivity contribution in [3.05, 3.63) is 105 Å². The molecule has 4 aromatic rings. The van der Waals surface area contributed by atoms with Gasteiger partial charge in [-0.15, -0.1) is 0 Å². The predicted octanol–water partition coefficient (Wildman–Crippen LogP) is 4.89. The second kappa shape index (κ2) is 9.39. The molecule has 1 heterocycles. The van der Waals surface area contributed by atoms with Gasteiger partial charge in [0.15, 0.2) is 0 Å². The van der Waals surface area contributed by atoms with E-state index in [0.717, 1.165) is 22.0 Å². The molecule has 0 fully saturated rings. The van der Waals surface area contributed by atoms with Gasteiger partial charge < -0.3 is 9.72 Å². The molecule has 0 saturated carbocycles. The summed E-state index contributed by atoms with van der Waals surface area (Å²) in [6, 6.07) is 20.6. The fraction of sp³-hybridized carbons (Fsp3) is 0.160. The van der Waals surface area contributed by atoms with E-state index in [0.29, 0.717) is 16.3 Å². The van der Waals surface area contributed by atoms with Crippen molar-refractivity contribution in [3.8, 4) is 5.75 Å². The van der Waals surface area contributed by atoms with E-state index in [1.54, 1.807) is 37.4 Å². The summed E-state index contributed by atoms with van der Waals surface area (Å²) in [4.78, 5) is 15.9. The van der Waals surface area contributed by atoms with E-state index in [4.69, 9.17) is 16.3 Å². The molecule has 0 saturated heterocycles. The molecule has 3 aromatic carbocycles. The summed E-state index contributed by atoms with van der Waals surface area (Å²) >= 11 is 5.95. The molecule has 8 heteroatoms. The summed E-state index contributed by atoms with van der Waals surface area (Å²) in [5, 5.41) is 1.29. The van der Waals surface area contributed by atoms with E-state index in [2.05, 4.69) is 4.98 Å². The highest BCUT2D eigenvalue weighted by Gasteiger charge is 2.26. The number of nitrogens with one attached hydrogen (secondary N) is 1. The van der Waals surface area contributed by atoms with E-state index >= 15 is 0 Å². The molecule has 0 atom stereocenters. The van der Waals surface area contributed by atoms with Crippen molar-refractivity contribution in [1.82, 2.24) is 9.29 Å². The van der Waals surface area contributed by atoms with Crippen molar-refractivity contribution >= 4 is 32.5 Å². The number of fused-ring (bicyclic) bond motifs is 1. The molecule has 0 unspecified atom stereocenters. The molecule has 170 valence electrons. The van der Waals surface area contributed by atoms with E-state index in [-0.39, 0.29) is 23.5 Å². The van der Waals surface area contributed by atoms with Crippen LogP contribution in [0.1, 0.15) is 16.7 Å². The van der Waals surface area contributed by atoms with E-state index in [1.807, 2.05) is 25.1 Å². The third kappa shape index (κ3) is 4.95. The Labute approximate surface area is 197 Å². The molecule has 0 aliphatic rings. The number of methoxy groups -OCH3 is 1. The fourth-order valence-electron chi connectivity index (χ4n) is 3.65. The summed E-state index contributed by atoms with van der Waals surface area (Å²) in [5.41, 5.74) is 2.50. The number of ether oxygens (including phenoxy) is 1. The van der Waals surface area contributed by atoms with Gasteiger partial charge in [-0.2, -0.15) is 4.31 Å². The van der Waals surface area contributed by atoms with Gasteiger partial charge in [-0.3, -0.25) is 4.79 Å². The number of nitrogens with zero attached hydrogens (tertiary/aromatic N) is 1. The average Bonchev–Trinajstić information content (AvgIpc) is 2.80. The molecule has 0 bridgehead atoms. The number of hydrogen-bond acceptors (Lipinski definition) is 4. The molecule has 33 heavy (non-hydrogen) atoms. The number of para-hydroxylation sites is 1. The van der Waals surface area contributed by atoms with Crippen molar-refractivity contribution < 1.29 is 13.2 Å². The van der Waals surface area contributed by atoms with Crippen molar-refractivity contribution in [2.45, 2.75) is 24.9 Å². The summed E-state index contributed by atoms with van der Waals surface area (Å²) in [6.07, 6.45) is 0. The fourth-order valence-corrected chi connectivity index (χ4v) is 5.18. The van der Waals surface area contributed by atoms with Crippen molar-refractivity contribution in [2.24, 2.45) is 0 Å². The predicted molar refractivity (Wildman–Crippen MR) is 130 cm³/mol. The van der Waals surface area contributed by atoms with Crippen LogP contribution in [0.4, 0.5) is 0 Å². The van der Waals surface area contributed by atoms with E-state index in [1.165, 1.54) is 28.6 Å². The van der Waals surface area contributed by atoms with Crippen LogP contribution in [-0.2, 0) is 23.1 Å². The smallest absolute Gasteiger partial charge is 0.252 e. The monoisotopic (exact) mass is 482 g/mol. The zero-order valence-electron chi connectivity index (χ0n) is 18.2. The highest BCUT2D eigenvalue weighted by Crippen LogP contribution is 2.24. The lowest BCUT2D eigenvalue weighted by Gasteiger charge is -2.22. The Kier molecular flexibility index (Phi) is 6.56. The maximum atomic E-state index is 13.6. The Balaban J connectivity index is 1.76. The molecule has 0 aliphatic heterocycles. The van der Waals surface area contributed by atoms with Gasteiger partial charge in [-0.1, -0.05) is 41.9 Å². The Morgan fingerprint density at radius 2 is 1.67 bits per heavy atom. The van der Waals surface area contributed by atoms with Crippen LogP contribution in [0.2, 0.25) is 5.02 Å². The van der Waals surface area contributed by atoms with Crippen LogP contribution in [0.3, 0.4) is 0 Å². The average molecular weight is 483 g/mol. The molecule has 6 nitrogen and oxygen atoms in total. The molecule has 0 radical (unpaired) electrons. The van der Waals surface area contributed by atoms with Gasteiger partial charge in [0.1, 0.15) is 5.75 Å². The zero-order chi connectivity index (χ0) is 23.6. The number of pyridine rings is 1. The Bertz CT molecular complexity index is 1450. The zero-order valence-corrected chi connectivity index (χ0v) is 19.8. The van der Waals surface area contributed by atoms with Crippen molar-refractivity contribution in [2.75, 3.05) is 7.11 Å². The molecular formula is C25H23ClN2O4S. The molecule has 1 aromatic heterocycles. The third-order valence-electron chi connectivity index (χ3n) is 5.48. The van der Waals surface area contributed by atoms with Gasteiger partial charge in [0.2, 0.25) is 10.0 Å². The molecule has 1 N–H and O–H groups in total. The number of rotatable bonds is 7. The first-order chi connectivity index (χ1) is 15.8. The van der Waals surface area contributed by atoms with E-state index < -0.39 is 10.0 Å². The minimum Gasteiger partial charge on any atom is -0.497 e. The molecule has 0 aliphatic carbocycles. The van der Waals surface area contributed by atoms with Crippen LogP contribution in [0, 0.1) is 6.92 Å². The van der Waals surface area contributed by atoms with Crippen molar-refractivity contribution in [3.63, 3.8) is 0 Å². The lowest BCUT2D eigenvalue weighted by molar-refractivity contribution is 0.398. The molecule has 4 rings (SSSR count). The first kappa shape index (κ1) is 23.0. The van der Waals surface area contributed by atoms with Crippen molar-refractivity contribution in [1.29, 1.82) is 0 Å². The number of benzene rings is 3. The summed E-state index contributed by atoms with van der Waals surface area (Å²) in [6.45, 7) is 1.91. The van der Waals surface area contributed by atoms with Crippen LogP contribution in [0.25, 0.3) is 10.9 Å². The molecule has 0 amide bonds. The summed E-state index contributed by atoms with van der Waals surface area (Å²) < 4.78 is 33.6. The third-order valence-corrected chi connectivity index (χ3v) is 7.54. The topological polar surface area (TPSA) is 79.5 Å². The first-order valence-corrected chi connectivity index (χ1v) is 12.1. The van der Waals surface area contributed by atoms with Gasteiger partial charge in [-0.05, 0) is 65.9 Å². The van der Waals surface area contributed by atoms with Gasteiger partial charge in [0.25, 0.3) is 5.56 Å². The van der Waals surface area contributed by atoms with Gasteiger partial charge in [0, 0.05) is 23.7 Å². The minimum absolute atomic E-state index is 0.0836. The van der Waals surface area contributed by atoms with Gasteiger partial charge in [0.05, 0.1) is 17.5 Å². The number of halogens is 1. The van der Waals surface area contributed by atoms with Crippen LogP contribution in [0.5, 0.6) is 5.75 Å². The Morgan fingerprint density at radius 3 is 2.33 bits per heavy atom. The molecular weight excluding hydrogens is 460 g/mol. The molecule has 0 spiro atoms. The largest absolute Gasteiger partial charge is 0.497 e. The summed E-state index contributed by atoms with van der Waals surface area (Å²) in [7, 11) is -2.35. The highest BCUT2D eigenvalue weighted by molar-refractivity contribution is 7.89. The van der Waals surface area contributed by atoms with Gasteiger partial charge in [-0.25, -0.2) is 8.42 Å². The van der Waals surface area contributed by atoms with Crippen LogP contribution in [-0.4, -0.2) is 24.8 Å². The number of aromatic amines is 1. The number of aromatic nitrogens is 1. The minimum atomic E-state index is -3.92. The Morgan fingerprint density at radius 1 is 0.970 bits per heavy atom. The number of aryl methyl sites for hydroxylation is 1. The SMILES string of the molecule is COc1ccc(CN(Cc2cc3cccc(C)c3[nH]c2=O)S(=O)(=O)c2ccc(Cl)cc2)cc1. The van der Waals surface area contributed by atoms with Crippen LogP contribution < -0.4 is 10.3 Å². The lowest BCUT2D eigenvalue weighted by atomic mass is 10.1. The first-order valence-electron chi connectivity index (χ1n) is 10.3. The lowest BCUT2D eigenvalue weighted by Crippen LogP contribution is -2.32. The van der Waals surface area contributed by atoms with Crippen LogP contribution >= 0.6 is 11.6 Å². The standard InChI is InChI=1S/C25H23ClN2O4S/c1-17-4-3-5-19-14-20(25(29)27-24(17)19)16-28(15-18-6-10-22(32-2)11-7-18)33(30,31)23-12-8-21(26)9-13-23/h3-14H,15-16H2,1-2H3,(H,27,29). The number of hydrogen-bond donors (Lipinski definition) is 1. The Hall–Kier alpha value is -3.13. The highest BCUT2D eigenvalue weighted by atomic mass is 35.5. The maximum absolute atomic E-state index is 13.6. The van der Waals surface area contributed by atoms with Gasteiger partial charge >= 0.3 is 0 Å². The van der Waals surface area contributed by atoms with E-state index in [9.17, 15) is 13.2 Å². The summed E-state index contributed by atoms with van der Waals surface area (Å²) in [5.74, 6) is 0.673. The maximum Gasteiger partial charge on any atom is 0.252 e. The van der Waals surface area contributed by atoms with Crippen LogP contribution in [0.15, 0.2) is 82.5 Å². The quantitative estimate of drug-likeness (QED) is 0.406. The second-order valence-electron chi connectivity index (χ2n) is 7.74. The second-order valence-corrected chi connectivity index (χ2v) is 10.1. The number of H-pyrrole nitrogens is 1. The normalized spacial score (nSPS) is 11.8. The number of sulfonamides is 1.